The lowest BCUT2D eigenvalue weighted by Gasteiger charge is -2.40. The highest BCUT2D eigenvalue weighted by molar-refractivity contribution is 7.80. The van der Waals surface area contributed by atoms with Crippen LogP contribution in [0.2, 0.25) is 0 Å². The largest absolute Gasteiger partial charge is 0.382 e. The lowest BCUT2D eigenvalue weighted by molar-refractivity contribution is -0.136. The predicted octanol–water partition coefficient (Wildman–Crippen LogP) is 3.73. The van der Waals surface area contributed by atoms with E-state index >= 15 is 0 Å². The Morgan fingerprint density at radius 1 is 1.35 bits per heavy atom. The van der Waals surface area contributed by atoms with Gasteiger partial charge in [-0.05, 0) is 86.6 Å². The van der Waals surface area contributed by atoms with Gasteiger partial charge in [0, 0.05) is 30.2 Å². The number of rotatable bonds is 6. The molecular formula is C27H30N4O2S. The van der Waals surface area contributed by atoms with Crippen LogP contribution in [0.3, 0.4) is 0 Å². The quantitative estimate of drug-likeness (QED) is 0.508. The van der Waals surface area contributed by atoms with Crippen molar-refractivity contribution in [3.05, 3.63) is 58.9 Å². The maximum Gasteiger partial charge on any atom is 0.260 e. The summed E-state index contributed by atoms with van der Waals surface area (Å²) in [6.07, 6.45) is 6.56. The molecule has 5 rings (SSSR count). The number of nitrogens with zero attached hydrogens (tertiary/aromatic N) is 3. The lowest BCUT2D eigenvalue weighted by Crippen LogP contribution is -2.54. The van der Waals surface area contributed by atoms with Gasteiger partial charge < -0.3 is 10.1 Å². The number of thiocarbonyl (C=S) groups is 1. The van der Waals surface area contributed by atoms with Crippen LogP contribution in [0.4, 0.5) is 0 Å². The summed E-state index contributed by atoms with van der Waals surface area (Å²) in [7, 11) is 1.73. The zero-order valence-electron chi connectivity index (χ0n) is 19.9. The fourth-order valence-corrected chi connectivity index (χ4v) is 5.56. The van der Waals surface area contributed by atoms with Crippen LogP contribution in [0, 0.1) is 23.2 Å². The van der Waals surface area contributed by atoms with Crippen LogP contribution in [0.1, 0.15) is 61.9 Å². The second kappa shape index (κ2) is 8.75. The SMILES string of the molecule is COC(C)CCC1(C)Cc2ccc(C#CC3CC3)cc2C12NC(=S)N(Cc1cccnn1)C2=O. The van der Waals surface area contributed by atoms with Gasteiger partial charge >= 0.3 is 0 Å². The molecule has 7 heteroatoms. The number of nitrogens with one attached hydrogen (secondary N) is 1. The normalized spacial score (nSPS) is 26.3. The summed E-state index contributed by atoms with van der Waals surface area (Å²) in [6.45, 7) is 4.56. The number of fused-ring (bicyclic) bond motifs is 2. The first kappa shape index (κ1) is 22.9. The van der Waals surface area contributed by atoms with Gasteiger partial charge in [0.1, 0.15) is 0 Å². The van der Waals surface area contributed by atoms with Crippen molar-refractivity contribution >= 4 is 23.2 Å². The highest BCUT2D eigenvalue weighted by Gasteiger charge is 2.64. The molecule has 1 aliphatic heterocycles. The number of aromatic nitrogens is 2. The van der Waals surface area contributed by atoms with Gasteiger partial charge in [-0.3, -0.25) is 9.69 Å². The van der Waals surface area contributed by atoms with Crippen molar-refractivity contribution in [1.29, 1.82) is 0 Å². The Kier molecular flexibility index (Phi) is 5.91. The molecule has 176 valence electrons. The number of carbonyl (C=O) groups excluding carboxylic acids is 1. The molecule has 1 spiro atoms. The molecule has 1 aromatic heterocycles. The van der Waals surface area contributed by atoms with E-state index in [4.69, 9.17) is 17.0 Å². The molecule has 1 saturated carbocycles. The second-order valence-corrected chi connectivity index (χ2v) is 10.4. The number of carbonyl (C=O) groups is 1. The van der Waals surface area contributed by atoms with Crippen molar-refractivity contribution in [2.75, 3.05) is 7.11 Å². The zero-order chi connectivity index (χ0) is 23.9. The molecule has 2 aliphatic carbocycles. The van der Waals surface area contributed by atoms with E-state index in [0.29, 0.717) is 23.3 Å². The molecule has 2 heterocycles. The Labute approximate surface area is 206 Å². The number of hydrogen-bond donors (Lipinski definition) is 1. The first-order chi connectivity index (χ1) is 16.4. The van der Waals surface area contributed by atoms with Crippen LogP contribution >= 0.6 is 12.2 Å². The number of ether oxygens (including phenoxy) is 1. The van der Waals surface area contributed by atoms with Crippen LogP contribution in [0.15, 0.2) is 36.5 Å². The van der Waals surface area contributed by atoms with Crippen molar-refractivity contribution in [2.45, 2.75) is 64.1 Å². The maximum atomic E-state index is 14.3. The van der Waals surface area contributed by atoms with Crippen LogP contribution in [-0.4, -0.2) is 39.3 Å². The van der Waals surface area contributed by atoms with Crippen LogP contribution < -0.4 is 5.32 Å². The molecule has 6 nitrogen and oxygen atoms in total. The summed E-state index contributed by atoms with van der Waals surface area (Å²) in [5, 5.41) is 12.1. The summed E-state index contributed by atoms with van der Waals surface area (Å²) in [5.41, 5.74) is 2.52. The van der Waals surface area contributed by atoms with Gasteiger partial charge in [0.25, 0.3) is 5.91 Å². The van der Waals surface area contributed by atoms with E-state index in [1.807, 2.05) is 12.1 Å². The molecule has 3 unspecified atom stereocenters. The van der Waals surface area contributed by atoms with Gasteiger partial charge in [0.15, 0.2) is 10.7 Å². The minimum Gasteiger partial charge on any atom is -0.382 e. The van der Waals surface area contributed by atoms with Crippen LogP contribution in [0.25, 0.3) is 0 Å². The molecule has 0 bridgehead atoms. The summed E-state index contributed by atoms with van der Waals surface area (Å²) in [6, 6.07) is 10.0. The van der Waals surface area contributed by atoms with Crippen molar-refractivity contribution in [1.82, 2.24) is 20.4 Å². The smallest absolute Gasteiger partial charge is 0.260 e. The van der Waals surface area contributed by atoms with Gasteiger partial charge in [0.2, 0.25) is 0 Å². The molecule has 0 radical (unpaired) electrons. The summed E-state index contributed by atoms with van der Waals surface area (Å²) >= 11 is 5.74. The van der Waals surface area contributed by atoms with Crippen molar-refractivity contribution in [3.8, 4) is 11.8 Å². The van der Waals surface area contributed by atoms with Crippen LogP contribution in [-0.2, 0) is 28.0 Å². The Hall–Kier alpha value is -2.82. The van der Waals surface area contributed by atoms with Crippen LogP contribution in [0.5, 0.6) is 0 Å². The molecule has 1 saturated heterocycles. The molecule has 1 amide bonds. The minimum absolute atomic E-state index is 0.0261. The molecule has 2 fully saturated rings. The molecule has 1 aromatic carbocycles. The Morgan fingerprint density at radius 2 is 2.18 bits per heavy atom. The van der Waals surface area contributed by atoms with E-state index in [-0.39, 0.29) is 17.4 Å². The molecule has 3 aliphatic rings. The number of amides is 1. The third-order valence-electron chi connectivity index (χ3n) is 7.56. The van der Waals surface area contributed by atoms with Gasteiger partial charge in [0.05, 0.1) is 18.3 Å². The summed E-state index contributed by atoms with van der Waals surface area (Å²) in [5.74, 6) is 7.17. The fraction of sp³-hybridized carbons (Fsp3) is 0.481. The Bertz CT molecular complexity index is 1190. The van der Waals surface area contributed by atoms with Crippen molar-refractivity contribution < 1.29 is 9.53 Å². The standard InChI is InChI=1S/C27H30N4O2S/c1-18(33-3)12-13-26(2)16-21-11-10-20(9-8-19-6-7-19)15-23(21)27(26)24(32)31(25(34)29-27)17-22-5-4-14-28-30-22/h4-5,10-11,14-15,18-19H,6-7,12-13,16-17H2,1-3H3,(H,29,34). The van der Waals surface area contributed by atoms with E-state index in [1.165, 1.54) is 18.4 Å². The summed E-state index contributed by atoms with van der Waals surface area (Å²) < 4.78 is 5.54. The monoisotopic (exact) mass is 474 g/mol. The number of methoxy groups -OCH3 is 1. The lowest BCUT2D eigenvalue weighted by atomic mass is 9.68. The third kappa shape index (κ3) is 3.89. The van der Waals surface area contributed by atoms with E-state index in [0.717, 1.165) is 30.4 Å². The van der Waals surface area contributed by atoms with E-state index in [2.05, 4.69) is 59.4 Å². The predicted molar refractivity (Wildman–Crippen MR) is 134 cm³/mol. The highest BCUT2D eigenvalue weighted by Crippen LogP contribution is 2.56. The molecule has 2 aromatic rings. The summed E-state index contributed by atoms with van der Waals surface area (Å²) in [4.78, 5) is 15.9. The Morgan fingerprint density at radius 3 is 2.88 bits per heavy atom. The highest BCUT2D eigenvalue weighted by atomic mass is 32.1. The number of benzene rings is 1. The first-order valence-electron chi connectivity index (χ1n) is 11.9. The fourth-order valence-electron chi connectivity index (χ4n) is 5.26. The van der Waals surface area contributed by atoms with E-state index in [1.54, 1.807) is 18.2 Å². The maximum absolute atomic E-state index is 14.3. The molecule has 3 atom stereocenters. The first-order valence-corrected chi connectivity index (χ1v) is 12.4. The topological polar surface area (TPSA) is 67.3 Å². The average molecular weight is 475 g/mol. The number of hydrogen-bond acceptors (Lipinski definition) is 5. The van der Waals surface area contributed by atoms with Crippen molar-refractivity contribution in [3.63, 3.8) is 0 Å². The van der Waals surface area contributed by atoms with Gasteiger partial charge in [-0.2, -0.15) is 10.2 Å². The van der Waals surface area contributed by atoms with E-state index < -0.39 is 5.54 Å². The molecule has 1 N–H and O–H groups in total. The second-order valence-electron chi connectivity index (χ2n) is 10.0. The molecular weight excluding hydrogens is 444 g/mol. The minimum atomic E-state index is -0.938. The molecule has 34 heavy (non-hydrogen) atoms. The van der Waals surface area contributed by atoms with E-state index in [9.17, 15) is 4.79 Å². The zero-order valence-corrected chi connectivity index (χ0v) is 20.7. The van der Waals surface area contributed by atoms with Gasteiger partial charge in [-0.15, -0.1) is 0 Å². The van der Waals surface area contributed by atoms with Gasteiger partial charge in [-0.25, -0.2) is 0 Å². The van der Waals surface area contributed by atoms with Crippen molar-refractivity contribution in [2.24, 2.45) is 11.3 Å². The average Bonchev–Trinajstić information content (AvgIpc) is 3.60. The third-order valence-corrected chi connectivity index (χ3v) is 7.88. The Balaban J connectivity index is 1.56. The van der Waals surface area contributed by atoms with Gasteiger partial charge in [-0.1, -0.05) is 24.8 Å².